The molecule has 4 aromatic rings. The number of hydrogen-bond acceptors (Lipinski definition) is 7. The average molecular weight is 558 g/mol. The standard InChI is InChI=1S/C31H19N5O6/c37-26(17-3-11-22-24(13-17)30(41)35-28(22)39)33-20-5-1-16(2-6-20)15-32-19-7-9-21(10-8-19)34-27(38)18-4-12-23-25(14-18)31(42)36-29(23)40/h1-15H,(H,33,37)(H,34,38)(H,35,39,41)(H,36,40,42)/b32-15+. The third kappa shape index (κ3) is 5.05. The van der Waals surface area contributed by atoms with Gasteiger partial charge >= 0.3 is 0 Å². The number of carbonyl (C=O) groups excluding carboxylic acids is 6. The number of nitrogens with one attached hydrogen (secondary N) is 4. The van der Waals surface area contributed by atoms with Crippen LogP contribution >= 0.6 is 0 Å². The SMILES string of the molecule is O=C(Nc1ccc(/C=N/c2ccc(NC(=O)c3ccc4c(c3)C(=O)NC4=O)cc2)cc1)c1ccc2c(c1)C(=O)NC2=O. The zero-order chi connectivity index (χ0) is 29.4. The van der Waals surface area contributed by atoms with Crippen LogP contribution in [-0.2, 0) is 0 Å². The van der Waals surface area contributed by atoms with Gasteiger partial charge in [-0.05, 0) is 78.4 Å². The molecule has 0 unspecified atom stereocenters. The summed E-state index contributed by atoms with van der Waals surface area (Å²) in [6.45, 7) is 0. The van der Waals surface area contributed by atoms with Crippen molar-refractivity contribution in [2.45, 2.75) is 0 Å². The van der Waals surface area contributed by atoms with Gasteiger partial charge in [0.05, 0.1) is 27.9 Å². The van der Waals surface area contributed by atoms with Crippen LogP contribution in [0.2, 0.25) is 0 Å². The molecular weight excluding hydrogens is 538 g/mol. The van der Waals surface area contributed by atoms with Crippen LogP contribution in [0.25, 0.3) is 0 Å². The highest BCUT2D eigenvalue weighted by Crippen LogP contribution is 2.21. The van der Waals surface area contributed by atoms with Gasteiger partial charge in [0.25, 0.3) is 35.4 Å². The van der Waals surface area contributed by atoms with E-state index < -0.39 is 35.4 Å². The Hall–Kier alpha value is -6.23. The van der Waals surface area contributed by atoms with Gasteiger partial charge in [0.2, 0.25) is 0 Å². The fourth-order valence-electron chi connectivity index (χ4n) is 4.46. The van der Waals surface area contributed by atoms with Crippen LogP contribution in [-0.4, -0.2) is 41.7 Å². The highest BCUT2D eigenvalue weighted by molar-refractivity contribution is 6.23. The third-order valence-corrected chi connectivity index (χ3v) is 6.65. The van der Waals surface area contributed by atoms with Crippen molar-refractivity contribution < 1.29 is 28.8 Å². The molecule has 0 saturated carbocycles. The predicted molar refractivity (Wildman–Crippen MR) is 153 cm³/mol. The summed E-state index contributed by atoms with van der Waals surface area (Å²) in [5.74, 6) is -2.87. The minimum absolute atomic E-state index is 0.168. The fourth-order valence-corrected chi connectivity index (χ4v) is 4.46. The van der Waals surface area contributed by atoms with Gasteiger partial charge in [0, 0.05) is 28.7 Å². The van der Waals surface area contributed by atoms with Crippen LogP contribution in [0.15, 0.2) is 89.9 Å². The summed E-state index contributed by atoms with van der Waals surface area (Å²) >= 11 is 0. The highest BCUT2D eigenvalue weighted by Gasteiger charge is 2.28. The van der Waals surface area contributed by atoms with Crippen molar-refractivity contribution in [2.75, 3.05) is 10.6 Å². The number of imide groups is 2. The van der Waals surface area contributed by atoms with Gasteiger partial charge in [-0.1, -0.05) is 12.1 Å². The van der Waals surface area contributed by atoms with Gasteiger partial charge in [-0.3, -0.25) is 44.4 Å². The van der Waals surface area contributed by atoms with E-state index in [-0.39, 0.29) is 33.4 Å². The molecule has 4 aromatic carbocycles. The number of aliphatic imine (C=N–C) groups is 1. The molecule has 0 bridgehead atoms. The smallest absolute Gasteiger partial charge is 0.258 e. The number of hydrogen-bond donors (Lipinski definition) is 4. The van der Waals surface area contributed by atoms with Crippen LogP contribution in [0, 0.1) is 0 Å². The molecule has 11 heteroatoms. The summed E-state index contributed by atoms with van der Waals surface area (Å²) in [5.41, 5.74) is 3.79. The van der Waals surface area contributed by atoms with Crippen LogP contribution in [0.4, 0.5) is 17.1 Å². The summed E-state index contributed by atoms with van der Waals surface area (Å²) < 4.78 is 0. The molecule has 0 aliphatic carbocycles. The first-order chi connectivity index (χ1) is 20.2. The second kappa shape index (κ2) is 10.4. The molecule has 0 spiro atoms. The van der Waals surface area contributed by atoms with E-state index in [1.165, 1.54) is 36.4 Å². The lowest BCUT2D eigenvalue weighted by Crippen LogP contribution is -2.19. The van der Waals surface area contributed by atoms with E-state index in [1.807, 2.05) is 0 Å². The first kappa shape index (κ1) is 26.0. The second-order valence-electron chi connectivity index (χ2n) is 9.42. The second-order valence-corrected chi connectivity index (χ2v) is 9.42. The lowest BCUT2D eigenvalue weighted by Gasteiger charge is -2.07. The Bertz CT molecular complexity index is 1740. The van der Waals surface area contributed by atoms with E-state index in [0.29, 0.717) is 17.1 Å². The van der Waals surface area contributed by atoms with E-state index in [1.54, 1.807) is 54.7 Å². The first-order valence-electron chi connectivity index (χ1n) is 12.6. The van der Waals surface area contributed by atoms with Gasteiger partial charge in [-0.2, -0.15) is 0 Å². The van der Waals surface area contributed by atoms with Crippen molar-refractivity contribution in [3.63, 3.8) is 0 Å². The van der Waals surface area contributed by atoms with E-state index in [4.69, 9.17) is 0 Å². The molecule has 0 atom stereocenters. The molecule has 6 amide bonds. The van der Waals surface area contributed by atoms with Crippen molar-refractivity contribution in [1.29, 1.82) is 0 Å². The quantitative estimate of drug-likeness (QED) is 0.209. The zero-order valence-corrected chi connectivity index (χ0v) is 21.6. The molecule has 2 aliphatic heterocycles. The maximum absolute atomic E-state index is 12.6. The first-order valence-corrected chi connectivity index (χ1v) is 12.6. The van der Waals surface area contributed by atoms with E-state index in [9.17, 15) is 28.8 Å². The number of nitrogens with zero attached hydrogens (tertiary/aromatic N) is 1. The minimum atomic E-state index is -0.530. The number of anilines is 2. The van der Waals surface area contributed by atoms with Crippen molar-refractivity contribution >= 4 is 58.7 Å². The van der Waals surface area contributed by atoms with Crippen molar-refractivity contribution in [3.05, 3.63) is 124 Å². The van der Waals surface area contributed by atoms with Crippen LogP contribution in [0.3, 0.4) is 0 Å². The molecule has 0 radical (unpaired) electrons. The number of fused-ring (bicyclic) bond motifs is 2. The molecule has 0 saturated heterocycles. The Labute approximate surface area is 237 Å². The molecule has 42 heavy (non-hydrogen) atoms. The van der Waals surface area contributed by atoms with Gasteiger partial charge < -0.3 is 10.6 Å². The fraction of sp³-hybridized carbons (Fsp3) is 0. The van der Waals surface area contributed by atoms with Gasteiger partial charge in [-0.15, -0.1) is 0 Å². The van der Waals surface area contributed by atoms with Gasteiger partial charge in [0.1, 0.15) is 0 Å². The molecule has 2 aliphatic rings. The summed E-state index contributed by atoms with van der Waals surface area (Å²) in [7, 11) is 0. The van der Waals surface area contributed by atoms with Crippen molar-refractivity contribution in [1.82, 2.24) is 10.6 Å². The molecule has 0 aromatic heterocycles. The molecule has 4 N–H and O–H groups in total. The lowest BCUT2D eigenvalue weighted by atomic mass is 10.1. The summed E-state index contributed by atoms with van der Waals surface area (Å²) in [6, 6.07) is 22.4. The van der Waals surface area contributed by atoms with E-state index in [2.05, 4.69) is 26.3 Å². The van der Waals surface area contributed by atoms with Gasteiger partial charge in [0.15, 0.2) is 0 Å². The topological polar surface area (TPSA) is 163 Å². The Kier molecular flexibility index (Phi) is 6.44. The maximum Gasteiger partial charge on any atom is 0.258 e. The Morgan fingerprint density at radius 3 is 1.45 bits per heavy atom. The summed E-state index contributed by atoms with van der Waals surface area (Å²) in [6.07, 6.45) is 1.65. The number of rotatable bonds is 6. The molecular formula is C31H19N5O6. The van der Waals surface area contributed by atoms with Gasteiger partial charge in [-0.25, -0.2) is 0 Å². The molecule has 204 valence electrons. The monoisotopic (exact) mass is 557 g/mol. The largest absolute Gasteiger partial charge is 0.322 e. The Morgan fingerprint density at radius 2 is 0.976 bits per heavy atom. The zero-order valence-electron chi connectivity index (χ0n) is 21.6. The molecule has 2 heterocycles. The van der Waals surface area contributed by atoms with Crippen molar-refractivity contribution in [2.24, 2.45) is 4.99 Å². The summed E-state index contributed by atoms with van der Waals surface area (Å²) in [5, 5.41) is 9.90. The average Bonchev–Trinajstić information content (AvgIpc) is 3.45. The predicted octanol–water partition coefficient (Wildman–Crippen LogP) is 3.71. The van der Waals surface area contributed by atoms with Crippen LogP contribution in [0.1, 0.15) is 67.7 Å². The maximum atomic E-state index is 12.6. The van der Waals surface area contributed by atoms with Crippen molar-refractivity contribution in [3.8, 4) is 0 Å². The van der Waals surface area contributed by atoms with Crippen LogP contribution < -0.4 is 21.3 Å². The third-order valence-electron chi connectivity index (χ3n) is 6.65. The highest BCUT2D eigenvalue weighted by atomic mass is 16.2. The lowest BCUT2D eigenvalue weighted by molar-refractivity contribution is 0.0863. The number of benzene rings is 4. The molecule has 6 rings (SSSR count). The summed E-state index contributed by atoms with van der Waals surface area (Å²) in [4.78, 5) is 76.8. The number of amides is 6. The van der Waals surface area contributed by atoms with E-state index >= 15 is 0 Å². The number of carbonyl (C=O) groups is 6. The Morgan fingerprint density at radius 1 is 0.548 bits per heavy atom. The molecule has 11 nitrogen and oxygen atoms in total. The van der Waals surface area contributed by atoms with Crippen LogP contribution in [0.5, 0.6) is 0 Å². The normalized spacial score (nSPS) is 13.4. The molecule has 0 fully saturated rings. The van der Waals surface area contributed by atoms with E-state index in [0.717, 1.165) is 5.56 Å². The Balaban J connectivity index is 1.05. The minimum Gasteiger partial charge on any atom is -0.322 e.